The molecule has 0 radical (unpaired) electrons. The molecule has 31 heavy (non-hydrogen) atoms. The maximum atomic E-state index is 13.2. The number of halogens is 3. The van der Waals surface area contributed by atoms with Crippen LogP contribution in [-0.2, 0) is 11.3 Å². The van der Waals surface area contributed by atoms with Crippen molar-refractivity contribution in [2.45, 2.75) is 44.6 Å². The summed E-state index contributed by atoms with van der Waals surface area (Å²) in [6, 6.07) is 5.88. The third kappa shape index (κ3) is 5.35. The van der Waals surface area contributed by atoms with Crippen molar-refractivity contribution in [3.8, 4) is 0 Å². The van der Waals surface area contributed by atoms with Crippen LogP contribution in [0.2, 0.25) is 0 Å². The Morgan fingerprint density at radius 1 is 1.29 bits per heavy atom. The summed E-state index contributed by atoms with van der Waals surface area (Å²) in [6.45, 7) is 0.256. The molecule has 0 unspecified atom stereocenters. The average molecular weight is 432 g/mol. The summed E-state index contributed by atoms with van der Waals surface area (Å²) >= 11 is 0. The van der Waals surface area contributed by atoms with Gasteiger partial charge >= 0.3 is 0 Å². The van der Waals surface area contributed by atoms with E-state index in [1.807, 2.05) is 6.07 Å². The van der Waals surface area contributed by atoms with Crippen molar-refractivity contribution in [3.05, 3.63) is 64.9 Å². The quantitative estimate of drug-likeness (QED) is 0.610. The molecule has 1 aliphatic carbocycles. The molecule has 0 amide bonds. The van der Waals surface area contributed by atoms with Crippen molar-refractivity contribution in [2.75, 3.05) is 7.05 Å². The maximum absolute atomic E-state index is 13.2. The van der Waals surface area contributed by atoms with Crippen molar-refractivity contribution < 1.29 is 22.8 Å². The lowest BCUT2D eigenvalue weighted by atomic mass is 9.83. The number of alkyl halides is 2. The van der Waals surface area contributed by atoms with E-state index < -0.39 is 17.8 Å². The first-order valence-corrected chi connectivity index (χ1v) is 9.94. The highest BCUT2D eigenvalue weighted by atomic mass is 19.3. The standard InChI is InChI=1S/C13H13N3O2.C9H10F3N/c17-7-9-5-12(10-1-3-11(18)4-2-10)13-14-8-15-16(13)6-9;1-13-5-6-3-2-4-7(8(6)10)9(11)12/h5-8,10H,1-4H2;2-4,9,13H,5H2,1H3. The van der Waals surface area contributed by atoms with Gasteiger partial charge in [-0.3, -0.25) is 9.59 Å². The third-order valence-corrected chi connectivity index (χ3v) is 5.25. The van der Waals surface area contributed by atoms with Gasteiger partial charge in [0, 0.05) is 42.3 Å². The Morgan fingerprint density at radius 2 is 2.03 bits per heavy atom. The molecule has 1 saturated carbocycles. The lowest BCUT2D eigenvalue weighted by molar-refractivity contribution is -0.120. The number of aldehydes is 1. The van der Waals surface area contributed by atoms with Gasteiger partial charge in [0.05, 0.1) is 5.56 Å². The number of fused-ring (bicyclic) bond motifs is 1. The highest BCUT2D eigenvalue weighted by molar-refractivity contribution is 5.80. The molecular formula is C22H23F3N4O2. The Balaban J connectivity index is 0.000000187. The van der Waals surface area contributed by atoms with Crippen LogP contribution in [0.25, 0.3) is 5.65 Å². The Hall–Kier alpha value is -3.07. The van der Waals surface area contributed by atoms with E-state index in [9.17, 15) is 22.8 Å². The van der Waals surface area contributed by atoms with Crippen molar-refractivity contribution >= 4 is 17.7 Å². The lowest BCUT2D eigenvalue weighted by Gasteiger charge is -2.21. The largest absolute Gasteiger partial charge is 0.316 e. The minimum Gasteiger partial charge on any atom is -0.316 e. The van der Waals surface area contributed by atoms with E-state index in [0.717, 1.165) is 36.4 Å². The summed E-state index contributed by atoms with van der Waals surface area (Å²) in [4.78, 5) is 26.5. The second kappa shape index (κ2) is 10.3. The first-order valence-electron chi connectivity index (χ1n) is 9.94. The first kappa shape index (κ1) is 22.6. The van der Waals surface area contributed by atoms with Gasteiger partial charge in [-0.25, -0.2) is 22.7 Å². The number of aromatic nitrogens is 3. The summed E-state index contributed by atoms with van der Waals surface area (Å²) < 4.78 is 39.2. The Labute approximate surface area is 177 Å². The Bertz CT molecular complexity index is 1060. The van der Waals surface area contributed by atoms with Crippen molar-refractivity contribution in [1.29, 1.82) is 0 Å². The molecule has 2 heterocycles. The van der Waals surface area contributed by atoms with Gasteiger partial charge in [0.25, 0.3) is 6.43 Å². The highest BCUT2D eigenvalue weighted by Crippen LogP contribution is 2.33. The molecular weight excluding hydrogens is 409 g/mol. The second-order valence-corrected chi connectivity index (χ2v) is 7.34. The molecule has 3 aromatic rings. The zero-order valence-electron chi connectivity index (χ0n) is 17.0. The van der Waals surface area contributed by atoms with E-state index in [0.29, 0.717) is 30.1 Å². The van der Waals surface area contributed by atoms with Crippen LogP contribution in [0, 0.1) is 5.82 Å². The first-order chi connectivity index (χ1) is 14.9. The normalized spacial score (nSPS) is 14.5. The van der Waals surface area contributed by atoms with Crippen LogP contribution < -0.4 is 5.32 Å². The van der Waals surface area contributed by atoms with Gasteiger partial charge in [-0.2, -0.15) is 5.10 Å². The molecule has 0 bridgehead atoms. The Kier molecular flexibility index (Phi) is 7.51. The van der Waals surface area contributed by atoms with Gasteiger partial charge in [-0.05, 0) is 31.9 Å². The fraction of sp³-hybridized carbons (Fsp3) is 0.364. The van der Waals surface area contributed by atoms with Gasteiger partial charge in [-0.1, -0.05) is 18.2 Å². The highest BCUT2D eigenvalue weighted by Gasteiger charge is 2.23. The number of hydrogen-bond donors (Lipinski definition) is 1. The molecule has 0 atom stereocenters. The summed E-state index contributed by atoms with van der Waals surface area (Å²) in [5.41, 5.74) is 2.15. The SMILES string of the molecule is CNCc1cccc(C(F)F)c1F.O=Cc1cc(C2CCC(=O)CC2)c2ncnn2c1. The number of carbonyl (C=O) groups excluding carboxylic acids is 2. The van der Waals surface area contributed by atoms with Gasteiger partial charge in [0.2, 0.25) is 0 Å². The molecule has 1 N–H and O–H groups in total. The minimum absolute atomic E-state index is 0.256. The molecule has 1 aromatic carbocycles. The van der Waals surface area contributed by atoms with E-state index in [4.69, 9.17) is 0 Å². The second-order valence-electron chi connectivity index (χ2n) is 7.34. The van der Waals surface area contributed by atoms with E-state index in [1.54, 1.807) is 17.8 Å². The smallest absolute Gasteiger partial charge is 0.266 e. The zero-order chi connectivity index (χ0) is 22.4. The molecule has 4 rings (SSSR count). The molecule has 0 aliphatic heterocycles. The predicted octanol–water partition coefficient (Wildman–Crippen LogP) is 4.25. The van der Waals surface area contributed by atoms with Gasteiger partial charge in [-0.15, -0.1) is 0 Å². The number of pyridine rings is 1. The molecule has 1 aliphatic rings. The number of benzene rings is 1. The molecule has 2 aromatic heterocycles. The van der Waals surface area contributed by atoms with E-state index in [-0.39, 0.29) is 12.1 Å². The fourth-order valence-electron chi connectivity index (χ4n) is 3.68. The molecule has 0 saturated heterocycles. The number of hydrogen-bond acceptors (Lipinski definition) is 5. The summed E-state index contributed by atoms with van der Waals surface area (Å²) in [5.74, 6) is -0.184. The van der Waals surface area contributed by atoms with E-state index in [1.165, 1.54) is 18.5 Å². The molecule has 6 nitrogen and oxygen atoms in total. The van der Waals surface area contributed by atoms with Gasteiger partial charge in [0.15, 0.2) is 11.9 Å². The molecule has 9 heteroatoms. The van der Waals surface area contributed by atoms with Crippen LogP contribution >= 0.6 is 0 Å². The van der Waals surface area contributed by atoms with Crippen LogP contribution in [0.15, 0.2) is 36.8 Å². The van der Waals surface area contributed by atoms with Crippen LogP contribution in [0.4, 0.5) is 13.2 Å². The number of nitrogens with zero attached hydrogens (tertiary/aromatic N) is 3. The molecule has 0 spiro atoms. The number of rotatable bonds is 5. The van der Waals surface area contributed by atoms with Crippen LogP contribution in [0.3, 0.4) is 0 Å². The maximum Gasteiger partial charge on any atom is 0.266 e. The monoisotopic (exact) mass is 432 g/mol. The van der Waals surface area contributed by atoms with Gasteiger partial charge < -0.3 is 5.32 Å². The summed E-state index contributed by atoms with van der Waals surface area (Å²) in [7, 11) is 1.63. The average Bonchev–Trinajstić information content (AvgIpc) is 3.24. The number of ketones is 1. The summed E-state index contributed by atoms with van der Waals surface area (Å²) in [6.07, 6.45) is 4.14. The van der Waals surface area contributed by atoms with E-state index in [2.05, 4.69) is 15.4 Å². The van der Waals surface area contributed by atoms with Gasteiger partial charge in [0.1, 0.15) is 17.9 Å². The topological polar surface area (TPSA) is 76.4 Å². The van der Waals surface area contributed by atoms with Crippen molar-refractivity contribution in [2.24, 2.45) is 0 Å². The predicted molar refractivity (Wildman–Crippen MR) is 109 cm³/mol. The lowest BCUT2D eigenvalue weighted by Crippen LogP contribution is -2.13. The van der Waals surface area contributed by atoms with Crippen molar-refractivity contribution in [3.63, 3.8) is 0 Å². The van der Waals surface area contributed by atoms with Crippen LogP contribution in [0.5, 0.6) is 0 Å². The van der Waals surface area contributed by atoms with Crippen LogP contribution in [-0.4, -0.2) is 33.7 Å². The zero-order valence-corrected chi connectivity index (χ0v) is 17.0. The number of carbonyl (C=O) groups is 2. The minimum atomic E-state index is -2.75. The van der Waals surface area contributed by atoms with Crippen molar-refractivity contribution in [1.82, 2.24) is 19.9 Å². The fourth-order valence-corrected chi connectivity index (χ4v) is 3.68. The summed E-state index contributed by atoms with van der Waals surface area (Å²) in [5, 5.41) is 6.78. The van der Waals surface area contributed by atoms with Crippen LogP contribution in [0.1, 0.15) is 65.1 Å². The Morgan fingerprint density at radius 3 is 2.68 bits per heavy atom. The molecule has 164 valence electrons. The number of nitrogens with one attached hydrogen (secondary N) is 1. The molecule has 1 fully saturated rings. The van der Waals surface area contributed by atoms with E-state index >= 15 is 0 Å². The number of Topliss-reactive ketones (excluding diaryl/α,β-unsaturated/α-hetero) is 1. The third-order valence-electron chi connectivity index (χ3n) is 5.25.